The lowest BCUT2D eigenvalue weighted by atomic mass is 9.84. The van der Waals surface area contributed by atoms with Crippen LogP contribution in [0.1, 0.15) is 42.4 Å². The highest BCUT2D eigenvalue weighted by Crippen LogP contribution is 2.25. The second kappa shape index (κ2) is 3.40. The molecule has 1 rings (SSSR count). The van der Waals surface area contributed by atoms with Crippen LogP contribution >= 0.6 is 0 Å². The lowest BCUT2D eigenvalue weighted by Crippen LogP contribution is -2.21. The Balaban J connectivity index is 3.37. The number of aromatic nitrogens is 1. The number of rotatable bonds is 1. The van der Waals surface area contributed by atoms with E-state index in [1.807, 2.05) is 27.7 Å². The average Bonchev–Trinajstić information content (AvgIpc) is 2.01. The van der Waals surface area contributed by atoms with Gasteiger partial charge in [0.15, 0.2) is 0 Å². The molecule has 0 aliphatic heterocycles. The number of nitrogens with two attached hydrogens (primary N) is 1. The Labute approximate surface area is 84.3 Å². The van der Waals surface area contributed by atoms with Crippen molar-refractivity contribution in [3.8, 4) is 0 Å². The molecule has 2 N–H and O–H groups in total. The van der Waals surface area contributed by atoms with Crippen LogP contribution in [0.2, 0.25) is 0 Å². The van der Waals surface area contributed by atoms with Crippen LogP contribution in [0, 0.1) is 6.92 Å². The molecule has 76 valence electrons. The molecule has 14 heavy (non-hydrogen) atoms. The van der Waals surface area contributed by atoms with Gasteiger partial charge in [0.25, 0.3) is 0 Å². The first kappa shape index (κ1) is 10.7. The van der Waals surface area contributed by atoms with Gasteiger partial charge in [-0.3, -0.25) is 9.78 Å². The quantitative estimate of drug-likeness (QED) is 0.737. The Hall–Kier alpha value is -1.38. The molecule has 0 aliphatic rings. The minimum atomic E-state index is -0.388. The van der Waals surface area contributed by atoms with Crippen molar-refractivity contribution in [1.29, 1.82) is 0 Å². The second-order valence-electron chi connectivity index (χ2n) is 4.49. The van der Waals surface area contributed by atoms with E-state index in [2.05, 4.69) is 4.98 Å². The summed E-state index contributed by atoms with van der Waals surface area (Å²) in [7, 11) is 0. The number of hydrogen-bond acceptors (Lipinski definition) is 2. The SMILES string of the molecule is Cc1cc(C(N)=O)c(C(C)(C)C)cn1. The smallest absolute Gasteiger partial charge is 0.249 e. The van der Waals surface area contributed by atoms with Gasteiger partial charge >= 0.3 is 0 Å². The molecule has 1 aromatic heterocycles. The molecule has 0 radical (unpaired) electrons. The number of nitrogens with zero attached hydrogens (tertiary/aromatic N) is 1. The molecule has 0 saturated carbocycles. The molecule has 3 nitrogen and oxygen atoms in total. The number of pyridine rings is 1. The van der Waals surface area contributed by atoms with Gasteiger partial charge in [0, 0.05) is 17.5 Å². The Bertz CT molecular complexity index is 364. The maximum absolute atomic E-state index is 11.2. The summed E-state index contributed by atoms with van der Waals surface area (Å²) in [5.41, 5.74) is 7.49. The van der Waals surface area contributed by atoms with Crippen LogP contribution in [0.25, 0.3) is 0 Å². The van der Waals surface area contributed by atoms with Gasteiger partial charge in [0.2, 0.25) is 5.91 Å². The number of carbonyl (C=O) groups excluding carboxylic acids is 1. The molecular formula is C11H16N2O. The van der Waals surface area contributed by atoms with Crippen LogP contribution in [0.15, 0.2) is 12.3 Å². The van der Waals surface area contributed by atoms with Gasteiger partial charge in [0.1, 0.15) is 0 Å². The zero-order valence-electron chi connectivity index (χ0n) is 9.09. The molecule has 0 spiro atoms. The maximum Gasteiger partial charge on any atom is 0.249 e. The average molecular weight is 192 g/mol. The molecule has 0 fully saturated rings. The summed E-state index contributed by atoms with van der Waals surface area (Å²) < 4.78 is 0. The summed E-state index contributed by atoms with van der Waals surface area (Å²) in [6, 6.07) is 1.74. The molecule has 1 aromatic rings. The maximum atomic E-state index is 11.2. The van der Waals surface area contributed by atoms with E-state index in [-0.39, 0.29) is 11.3 Å². The van der Waals surface area contributed by atoms with Crippen molar-refractivity contribution in [2.24, 2.45) is 5.73 Å². The zero-order valence-corrected chi connectivity index (χ0v) is 9.09. The van der Waals surface area contributed by atoms with Gasteiger partial charge in [0.05, 0.1) is 0 Å². The molecule has 0 unspecified atom stereocenters. The molecule has 1 amide bonds. The molecule has 3 heteroatoms. The van der Waals surface area contributed by atoms with Crippen LogP contribution in [0.3, 0.4) is 0 Å². The minimum Gasteiger partial charge on any atom is -0.366 e. The first-order valence-corrected chi connectivity index (χ1v) is 4.59. The number of aryl methyl sites for hydroxylation is 1. The Morgan fingerprint density at radius 2 is 2.00 bits per heavy atom. The highest BCUT2D eigenvalue weighted by atomic mass is 16.1. The van der Waals surface area contributed by atoms with Crippen molar-refractivity contribution in [2.45, 2.75) is 33.1 Å². The van der Waals surface area contributed by atoms with E-state index in [0.29, 0.717) is 5.56 Å². The van der Waals surface area contributed by atoms with Crippen molar-refractivity contribution in [3.05, 3.63) is 29.1 Å². The number of carbonyl (C=O) groups is 1. The summed E-state index contributed by atoms with van der Waals surface area (Å²) in [6.07, 6.45) is 1.73. The van der Waals surface area contributed by atoms with E-state index in [9.17, 15) is 4.79 Å². The topological polar surface area (TPSA) is 56.0 Å². The molecule has 0 saturated heterocycles. The Morgan fingerprint density at radius 1 is 1.43 bits per heavy atom. The predicted molar refractivity (Wildman–Crippen MR) is 56.2 cm³/mol. The van der Waals surface area contributed by atoms with E-state index in [1.54, 1.807) is 12.3 Å². The Morgan fingerprint density at radius 3 is 2.43 bits per heavy atom. The fraction of sp³-hybridized carbons (Fsp3) is 0.455. The fourth-order valence-electron chi connectivity index (χ4n) is 1.36. The summed E-state index contributed by atoms with van der Waals surface area (Å²) in [5, 5.41) is 0. The second-order valence-corrected chi connectivity index (χ2v) is 4.49. The van der Waals surface area contributed by atoms with Crippen LogP contribution in [0.5, 0.6) is 0 Å². The van der Waals surface area contributed by atoms with Gasteiger partial charge in [-0.25, -0.2) is 0 Å². The number of hydrogen-bond donors (Lipinski definition) is 1. The van der Waals surface area contributed by atoms with Crippen LogP contribution in [-0.4, -0.2) is 10.9 Å². The van der Waals surface area contributed by atoms with Gasteiger partial charge in [-0.2, -0.15) is 0 Å². The van der Waals surface area contributed by atoms with E-state index >= 15 is 0 Å². The molecule has 0 aliphatic carbocycles. The first-order valence-electron chi connectivity index (χ1n) is 4.59. The monoisotopic (exact) mass is 192 g/mol. The third kappa shape index (κ3) is 2.10. The summed E-state index contributed by atoms with van der Waals surface area (Å²) in [5.74, 6) is -0.388. The summed E-state index contributed by atoms with van der Waals surface area (Å²) in [6.45, 7) is 7.95. The van der Waals surface area contributed by atoms with Gasteiger partial charge in [-0.1, -0.05) is 20.8 Å². The highest BCUT2D eigenvalue weighted by molar-refractivity contribution is 5.94. The van der Waals surface area contributed by atoms with Crippen molar-refractivity contribution in [3.63, 3.8) is 0 Å². The molecule has 0 bridgehead atoms. The van der Waals surface area contributed by atoms with Crippen LogP contribution in [0.4, 0.5) is 0 Å². The lowest BCUT2D eigenvalue weighted by molar-refractivity contribution is 0.0998. The normalized spacial score (nSPS) is 11.4. The highest BCUT2D eigenvalue weighted by Gasteiger charge is 2.20. The van der Waals surface area contributed by atoms with Crippen molar-refractivity contribution in [1.82, 2.24) is 4.98 Å². The van der Waals surface area contributed by atoms with E-state index in [1.165, 1.54) is 0 Å². The molecule has 0 atom stereocenters. The van der Waals surface area contributed by atoms with Crippen molar-refractivity contribution < 1.29 is 4.79 Å². The number of amides is 1. The van der Waals surface area contributed by atoms with Gasteiger partial charge in [-0.15, -0.1) is 0 Å². The van der Waals surface area contributed by atoms with E-state index < -0.39 is 0 Å². The Kier molecular flexibility index (Phi) is 2.60. The predicted octanol–water partition coefficient (Wildman–Crippen LogP) is 1.79. The van der Waals surface area contributed by atoms with Crippen LogP contribution < -0.4 is 5.73 Å². The fourth-order valence-corrected chi connectivity index (χ4v) is 1.36. The zero-order chi connectivity index (χ0) is 10.9. The van der Waals surface area contributed by atoms with Gasteiger partial charge < -0.3 is 5.73 Å². The third-order valence-electron chi connectivity index (χ3n) is 2.11. The van der Waals surface area contributed by atoms with E-state index in [4.69, 9.17) is 5.73 Å². The molecular weight excluding hydrogens is 176 g/mol. The van der Waals surface area contributed by atoms with Gasteiger partial charge in [-0.05, 0) is 24.0 Å². The van der Waals surface area contributed by atoms with Crippen molar-refractivity contribution >= 4 is 5.91 Å². The van der Waals surface area contributed by atoms with Crippen molar-refractivity contribution in [2.75, 3.05) is 0 Å². The third-order valence-corrected chi connectivity index (χ3v) is 2.11. The minimum absolute atomic E-state index is 0.106. The van der Waals surface area contributed by atoms with E-state index in [0.717, 1.165) is 11.3 Å². The lowest BCUT2D eigenvalue weighted by Gasteiger charge is -2.21. The standard InChI is InChI=1S/C11H16N2O/c1-7-5-8(10(12)14)9(6-13-7)11(2,3)4/h5-6H,1-4H3,(H2,12,14). The summed E-state index contributed by atoms with van der Waals surface area (Å²) >= 11 is 0. The largest absolute Gasteiger partial charge is 0.366 e. The molecule has 0 aromatic carbocycles. The summed E-state index contributed by atoms with van der Waals surface area (Å²) in [4.78, 5) is 15.4. The number of primary amides is 1. The molecule has 1 heterocycles. The van der Waals surface area contributed by atoms with Crippen LogP contribution in [-0.2, 0) is 5.41 Å². The first-order chi connectivity index (χ1) is 6.32.